The Balaban J connectivity index is 3.03. The van der Waals surface area contributed by atoms with Crippen LogP contribution in [0.1, 0.15) is 23.2 Å². The van der Waals surface area contributed by atoms with E-state index in [1.165, 1.54) is 0 Å². The molecule has 0 saturated heterocycles. The van der Waals surface area contributed by atoms with Gasteiger partial charge in [-0.25, -0.2) is 0 Å². The number of carboxylic acids is 2. The van der Waals surface area contributed by atoms with Crippen LogP contribution in [0, 0.1) is 0 Å². The number of carboxylic acid groups (broad SMARTS) is 2. The lowest BCUT2D eigenvalue weighted by Crippen LogP contribution is -2.08. The lowest BCUT2D eigenvalue weighted by atomic mass is 10.0. The summed E-state index contributed by atoms with van der Waals surface area (Å²) < 4.78 is 0.607. The van der Waals surface area contributed by atoms with Crippen molar-refractivity contribution < 1.29 is 19.8 Å². The minimum absolute atomic E-state index is 0.0485. The summed E-state index contributed by atoms with van der Waals surface area (Å²) in [5.74, 6) is -1.89. The number of hydrogen-bond donors (Lipinski definition) is 4. The van der Waals surface area contributed by atoms with E-state index in [-0.39, 0.29) is 25.8 Å². The number of carbonyl (C=O) groups is 2. The highest BCUT2D eigenvalue weighted by Gasteiger charge is 2.18. The number of nitrogens with one attached hydrogen (secondary N) is 1. The smallest absolute Gasteiger partial charge is 0.307 e. The van der Waals surface area contributed by atoms with Crippen LogP contribution in [0.3, 0.4) is 0 Å². The summed E-state index contributed by atoms with van der Waals surface area (Å²) in [6.45, 7) is 0.189. The van der Waals surface area contributed by atoms with Gasteiger partial charge in [-0.1, -0.05) is 0 Å². The Hall–Kier alpha value is -1.34. The second-order valence-corrected chi connectivity index (χ2v) is 4.34. The molecular formula is C10H13BrN2O4. The first kappa shape index (κ1) is 13.7. The lowest BCUT2D eigenvalue weighted by Gasteiger charge is -2.03. The molecule has 1 aromatic heterocycles. The zero-order valence-corrected chi connectivity index (χ0v) is 10.6. The second kappa shape index (κ2) is 5.83. The largest absolute Gasteiger partial charge is 0.481 e. The van der Waals surface area contributed by atoms with Gasteiger partial charge in [0.05, 0.1) is 11.0 Å². The van der Waals surface area contributed by atoms with Gasteiger partial charge in [0, 0.05) is 18.7 Å². The zero-order chi connectivity index (χ0) is 13.0. The molecule has 0 bridgehead atoms. The van der Waals surface area contributed by atoms with Crippen molar-refractivity contribution in [3.8, 4) is 0 Å². The van der Waals surface area contributed by atoms with E-state index in [1.807, 2.05) is 0 Å². The van der Waals surface area contributed by atoms with E-state index in [1.54, 1.807) is 0 Å². The Morgan fingerprint density at radius 2 is 1.88 bits per heavy atom. The molecule has 0 radical (unpaired) electrons. The summed E-state index contributed by atoms with van der Waals surface area (Å²) in [6.07, 6.45) is 0.0612. The predicted molar refractivity (Wildman–Crippen MR) is 63.7 cm³/mol. The molecule has 0 fully saturated rings. The summed E-state index contributed by atoms with van der Waals surface area (Å²) in [6, 6.07) is 0. The van der Waals surface area contributed by atoms with Crippen molar-refractivity contribution in [1.29, 1.82) is 0 Å². The highest BCUT2D eigenvalue weighted by Crippen LogP contribution is 2.25. The molecule has 1 heterocycles. The standard InChI is InChI=1S/C10H13BrN2O4/c11-10-5(1-2-8(14)15)6(3-9(16)17)7(4-12)13-10/h13H,1-4,12H2,(H,14,15)(H,16,17). The molecule has 1 aromatic rings. The molecule has 0 aliphatic heterocycles. The SMILES string of the molecule is NCc1[nH]c(Br)c(CCC(=O)O)c1CC(=O)O. The van der Waals surface area contributed by atoms with Crippen LogP contribution in [0.25, 0.3) is 0 Å². The van der Waals surface area contributed by atoms with Crippen LogP contribution in [0.4, 0.5) is 0 Å². The maximum Gasteiger partial charge on any atom is 0.307 e. The molecule has 94 valence electrons. The van der Waals surface area contributed by atoms with Crippen molar-refractivity contribution in [2.45, 2.75) is 25.8 Å². The Morgan fingerprint density at radius 3 is 2.35 bits per heavy atom. The quantitative estimate of drug-likeness (QED) is 0.622. The third-order valence-corrected chi connectivity index (χ3v) is 3.05. The zero-order valence-electron chi connectivity index (χ0n) is 8.99. The van der Waals surface area contributed by atoms with Gasteiger partial charge in [-0.2, -0.15) is 0 Å². The number of aromatic nitrogens is 1. The van der Waals surface area contributed by atoms with Crippen molar-refractivity contribution >= 4 is 27.9 Å². The Bertz CT molecular complexity index is 442. The monoisotopic (exact) mass is 304 g/mol. The van der Waals surface area contributed by atoms with Crippen molar-refractivity contribution in [3.63, 3.8) is 0 Å². The van der Waals surface area contributed by atoms with E-state index >= 15 is 0 Å². The Kier molecular flexibility index (Phi) is 4.71. The highest BCUT2D eigenvalue weighted by atomic mass is 79.9. The van der Waals surface area contributed by atoms with Crippen LogP contribution in [-0.2, 0) is 29.0 Å². The first-order chi connectivity index (χ1) is 7.95. The van der Waals surface area contributed by atoms with E-state index in [9.17, 15) is 9.59 Å². The third kappa shape index (κ3) is 3.57. The number of halogens is 1. The maximum atomic E-state index is 10.8. The molecule has 0 aromatic carbocycles. The molecule has 0 amide bonds. The van der Waals surface area contributed by atoms with E-state index in [0.29, 0.717) is 21.4 Å². The van der Waals surface area contributed by atoms with Gasteiger partial charge in [0.15, 0.2) is 0 Å². The number of rotatable bonds is 6. The summed E-state index contributed by atoms with van der Waals surface area (Å²) in [5.41, 5.74) is 7.38. The van der Waals surface area contributed by atoms with E-state index in [4.69, 9.17) is 15.9 Å². The molecule has 0 aliphatic rings. The first-order valence-electron chi connectivity index (χ1n) is 4.97. The van der Waals surface area contributed by atoms with Crippen LogP contribution < -0.4 is 5.73 Å². The van der Waals surface area contributed by atoms with Gasteiger partial charge in [0.1, 0.15) is 0 Å². The van der Waals surface area contributed by atoms with Crippen molar-refractivity contribution in [2.75, 3.05) is 0 Å². The Morgan fingerprint density at radius 1 is 1.24 bits per heavy atom. The highest BCUT2D eigenvalue weighted by molar-refractivity contribution is 9.10. The number of aliphatic carboxylic acids is 2. The van der Waals surface area contributed by atoms with E-state index in [0.717, 1.165) is 0 Å². The molecule has 7 heteroatoms. The predicted octanol–water partition coefficient (Wildman–Crippen LogP) is 0.880. The van der Waals surface area contributed by atoms with Crippen LogP contribution in [0.15, 0.2) is 4.60 Å². The van der Waals surface area contributed by atoms with Crippen molar-refractivity contribution in [1.82, 2.24) is 4.98 Å². The summed E-state index contributed by atoms with van der Waals surface area (Å²) >= 11 is 3.25. The first-order valence-corrected chi connectivity index (χ1v) is 5.76. The topological polar surface area (TPSA) is 116 Å². The maximum absolute atomic E-state index is 10.8. The second-order valence-electron chi connectivity index (χ2n) is 3.54. The lowest BCUT2D eigenvalue weighted by molar-refractivity contribution is -0.137. The molecule has 1 rings (SSSR count). The van der Waals surface area contributed by atoms with Crippen molar-refractivity contribution in [3.05, 3.63) is 21.4 Å². The average Bonchev–Trinajstić information content (AvgIpc) is 2.51. The third-order valence-electron chi connectivity index (χ3n) is 2.38. The molecule has 17 heavy (non-hydrogen) atoms. The molecule has 0 unspecified atom stereocenters. The van der Waals surface area contributed by atoms with Crippen LogP contribution in [-0.4, -0.2) is 27.1 Å². The fourth-order valence-electron chi connectivity index (χ4n) is 1.63. The average molecular weight is 305 g/mol. The van der Waals surface area contributed by atoms with Gasteiger partial charge < -0.3 is 20.9 Å². The molecular weight excluding hydrogens is 292 g/mol. The number of H-pyrrole nitrogens is 1. The number of hydrogen-bond acceptors (Lipinski definition) is 3. The van der Waals surface area contributed by atoms with Gasteiger partial charge in [-0.3, -0.25) is 9.59 Å². The van der Waals surface area contributed by atoms with Crippen molar-refractivity contribution in [2.24, 2.45) is 5.73 Å². The normalized spacial score (nSPS) is 10.5. The van der Waals surface area contributed by atoms with Gasteiger partial charge >= 0.3 is 11.9 Å². The van der Waals surface area contributed by atoms with Crippen LogP contribution in [0.5, 0.6) is 0 Å². The van der Waals surface area contributed by atoms with E-state index in [2.05, 4.69) is 20.9 Å². The minimum Gasteiger partial charge on any atom is -0.481 e. The van der Waals surface area contributed by atoms with Crippen LogP contribution >= 0.6 is 15.9 Å². The minimum atomic E-state index is -0.970. The molecule has 0 atom stereocenters. The fourth-order valence-corrected chi connectivity index (χ4v) is 2.31. The summed E-state index contributed by atoms with van der Waals surface area (Å²) in [7, 11) is 0. The Labute approximate surface area is 106 Å². The van der Waals surface area contributed by atoms with Gasteiger partial charge in [0.25, 0.3) is 0 Å². The molecule has 0 spiro atoms. The van der Waals surface area contributed by atoms with Gasteiger partial charge in [0.2, 0.25) is 0 Å². The molecule has 0 aliphatic carbocycles. The molecule has 6 nitrogen and oxygen atoms in total. The van der Waals surface area contributed by atoms with Gasteiger partial charge in [-0.05, 0) is 33.5 Å². The van der Waals surface area contributed by atoms with Crippen LogP contribution in [0.2, 0.25) is 0 Å². The summed E-state index contributed by atoms with van der Waals surface area (Å²) in [5, 5.41) is 17.4. The fraction of sp³-hybridized carbons (Fsp3) is 0.400. The molecule has 0 saturated carbocycles. The summed E-state index contributed by atoms with van der Waals surface area (Å²) in [4.78, 5) is 24.2. The molecule has 5 N–H and O–H groups in total. The number of aromatic amines is 1. The van der Waals surface area contributed by atoms with E-state index < -0.39 is 11.9 Å². The van der Waals surface area contributed by atoms with Gasteiger partial charge in [-0.15, -0.1) is 0 Å². The number of nitrogens with two attached hydrogens (primary N) is 1.